The third-order valence-corrected chi connectivity index (χ3v) is 4.94. The van der Waals surface area contributed by atoms with Gasteiger partial charge in [-0.1, -0.05) is 18.2 Å². The third-order valence-electron chi connectivity index (χ3n) is 3.02. The van der Waals surface area contributed by atoms with Gasteiger partial charge in [-0.15, -0.1) is 0 Å². The summed E-state index contributed by atoms with van der Waals surface area (Å²) in [5.41, 5.74) is 0. The van der Waals surface area contributed by atoms with Crippen molar-refractivity contribution in [2.24, 2.45) is 0 Å². The highest BCUT2D eigenvalue weighted by Crippen LogP contribution is 2.19. The van der Waals surface area contributed by atoms with Crippen LogP contribution in [-0.4, -0.2) is 51.5 Å². The van der Waals surface area contributed by atoms with Crippen LogP contribution in [0.25, 0.3) is 0 Å². The van der Waals surface area contributed by atoms with E-state index in [9.17, 15) is 13.2 Å². The van der Waals surface area contributed by atoms with E-state index in [1.807, 2.05) is 0 Å². The van der Waals surface area contributed by atoms with E-state index in [2.05, 4.69) is 10.1 Å². The van der Waals surface area contributed by atoms with Gasteiger partial charge in [0.1, 0.15) is 6.04 Å². The molecule has 1 atom stereocenters. The maximum atomic E-state index is 12.5. The molecule has 2 rings (SSSR count). The smallest absolute Gasteiger partial charge is 0.325 e. The van der Waals surface area contributed by atoms with Crippen molar-refractivity contribution in [3.8, 4) is 0 Å². The van der Waals surface area contributed by atoms with Crippen molar-refractivity contribution in [2.75, 3.05) is 26.7 Å². The topological polar surface area (TPSA) is 75.7 Å². The minimum Gasteiger partial charge on any atom is -0.468 e. The Kier molecular flexibility index (Phi) is 4.18. The van der Waals surface area contributed by atoms with E-state index in [1.165, 1.54) is 23.5 Å². The predicted molar refractivity (Wildman–Crippen MR) is 69.0 cm³/mol. The first-order valence-electron chi connectivity index (χ1n) is 5.93. The molecule has 1 heterocycles. The number of piperazine rings is 1. The number of carbonyl (C=O) groups is 1. The third kappa shape index (κ3) is 2.78. The highest BCUT2D eigenvalue weighted by Gasteiger charge is 2.38. The molecule has 0 radical (unpaired) electrons. The Hall–Kier alpha value is -1.44. The molecule has 1 fully saturated rings. The number of nitrogens with zero attached hydrogens (tertiary/aromatic N) is 1. The van der Waals surface area contributed by atoms with Crippen LogP contribution in [0.1, 0.15) is 0 Å². The fraction of sp³-hybridized carbons (Fsp3) is 0.417. The van der Waals surface area contributed by atoms with Crippen molar-refractivity contribution in [3.63, 3.8) is 0 Å². The van der Waals surface area contributed by atoms with E-state index in [4.69, 9.17) is 0 Å². The molecule has 0 unspecified atom stereocenters. The molecule has 0 spiro atoms. The maximum Gasteiger partial charge on any atom is 0.325 e. The molecule has 0 bridgehead atoms. The maximum absolute atomic E-state index is 12.5. The number of ether oxygens (including phenoxy) is 1. The van der Waals surface area contributed by atoms with Gasteiger partial charge in [0.15, 0.2) is 0 Å². The van der Waals surface area contributed by atoms with Crippen LogP contribution < -0.4 is 5.32 Å². The quantitative estimate of drug-likeness (QED) is 0.779. The van der Waals surface area contributed by atoms with Gasteiger partial charge in [0.05, 0.1) is 12.0 Å². The molecule has 1 aliphatic rings. The molecule has 6 nitrogen and oxygen atoms in total. The lowest BCUT2D eigenvalue weighted by atomic mass is 10.2. The van der Waals surface area contributed by atoms with Gasteiger partial charge in [-0.2, -0.15) is 4.31 Å². The van der Waals surface area contributed by atoms with Gasteiger partial charge >= 0.3 is 5.97 Å². The first-order valence-corrected chi connectivity index (χ1v) is 7.37. The van der Waals surface area contributed by atoms with E-state index in [0.29, 0.717) is 6.54 Å². The molecule has 7 heteroatoms. The van der Waals surface area contributed by atoms with Crippen LogP contribution >= 0.6 is 0 Å². The summed E-state index contributed by atoms with van der Waals surface area (Å²) < 4.78 is 30.9. The number of benzene rings is 1. The van der Waals surface area contributed by atoms with E-state index < -0.39 is 22.0 Å². The normalized spacial score (nSPS) is 21.0. The zero-order chi connectivity index (χ0) is 13.9. The molecule has 0 amide bonds. The van der Waals surface area contributed by atoms with Crippen LogP contribution in [0.3, 0.4) is 0 Å². The number of sulfonamides is 1. The molecule has 19 heavy (non-hydrogen) atoms. The van der Waals surface area contributed by atoms with Crippen LogP contribution in [0.2, 0.25) is 0 Å². The molecule has 0 aromatic heterocycles. The van der Waals surface area contributed by atoms with E-state index in [0.717, 1.165) is 0 Å². The lowest BCUT2D eigenvalue weighted by Crippen LogP contribution is -2.57. The van der Waals surface area contributed by atoms with Crippen molar-refractivity contribution in [1.29, 1.82) is 0 Å². The number of carbonyl (C=O) groups excluding carboxylic acids is 1. The summed E-state index contributed by atoms with van der Waals surface area (Å²) >= 11 is 0. The van der Waals surface area contributed by atoms with Crippen molar-refractivity contribution in [2.45, 2.75) is 10.9 Å². The molecule has 1 aliphatic heterocycles. The molecule has 104 valence electrons. The molecular formula is C12H16N2O4S. The molecule has 1 saturated heterocycles. The molecule has 1 aromatic rings. The lowest BCUT2D eigenvalue weighted by Gasteiger charge is -2.33. The summed E-state index contributed by atoms with van der Waals surface area (Å²) in [6, 6.07) is 7.28. The SMILES string of the molecule is COC(=O)[C@@H]1CNCCN1S(=O)(=O)c1ccccc1. The Bertz CT molecular complexity index is 544. The zero-order valence-electron chi connectivity index (χ0n) is 10.6. The fourth-order valence-electron chi connectivity index (χ4n) is 2.04. The van der Waals surface area contributed by atoms with Crippen molar-refractivity contribution < 1.29 is 17.9 Å². The van der Waals surface area contributed by atoms with Crippen LogP contribution in [0, 0.1) is 0 Å². The summed E-state index contributed by atoms with van der Waals surface area (Å²) in [6.07, 6.45) is 0. The Morgan fingerprint density at radius 2 is 2.05 bits per heavy atom. The monoisotopic (exact) mass is 284 g/mol. The summed E-state index contributed by atoms with van der Waals surface area (Å²) in [5, 5.41) is 3.00. The van der Waals surface area contributed by atoms with Gasteiger partial charge in [0, 0.05) is 19.6 Å². The number of rotatable bonds is 3. The zero-order valence-corrected chi connectivity index (χ0v) is 11.4. The first-order chi connectivity index (χ1) is 9.07. The Morgan fingerprint density at radius 3 is 2.68 bits per heavy atom. The first kappa shape index (κ1) is 14.0. The average molecular weight is 284 g/mol. The average Bonchev–Trinajstić information content (AvgIpc) is 2.47. The Labute approximate surface area is 112 Å². The minimum atomic E-state index is -3.67. The fourth-order valence-corrected chi connectivity index (χ4v) is 3.64. The van der Waals surface area contributed by atoms with Crippen LogP contribution in [0.15, 0.2) is 35.2 Å². The Morgan fingerprint density at radius 1 is 1.37 bits per heavy atom. The number of hydrogen-bond donors (Lipinski definition) is 1. The molecule has 1 N–H and O–H groups in total. The second-order valence-corrected chi connectivity index (χ2v) is 6.06. The molecular weight excluding hydrogens is 268 g/mol. The standard InChI is InChI=1S/C12H16N2O4S/c1-18-12(15)11-9-13-7-8-14(11)19(16,17)10-5-3-2-4-6-10/h2-6,11,13H,7-9H2,1H3/t11-/m0/s1. The summed E-state index contributed by atoms with van der Waals surface area (Å²) in [7, 11) is -2.42. The molecule has 0 saturated carbocycles. The van der Waals surface area contributed by atoms with Gasteiger partial charge in [-0.05, 0) is 12.1 Å². The predicted octanol–water partition coefficient (Wildman–Crippen LogP) is -0.178. The van der Waals surface area contributed by atoms with Crippen LogP contribution in [0.4, 0.5) is 0 Å². The number of methoxy groups -OCH3 is 1. The van der Waals surface area contributed by atoms with Crippen molar-refractivity contribution in [3.05, 3.63) is 30.3 Å². The van der Waals surface area contributed by atoms with Gasteiger partial charge < -0.3 is 10.1 Å². The Balaban J connectivity index is 2.35. The molecule has 1 aromatic carbocycles. The summed E-state index contributed by atoms with van der Waals surface area (Å²) in [6.45, 7) is 1.02. The van der Waals surface area contributed by atoms with Crippen molar-refractivity contribution >= 4 is 16.0 Å². The lowest BCUT2D eigenvalue weighted by molar-refractivity contribution is -0.145. The molecule has 0 aliphatic carbocycles. The minimum absolute atomic E-state index is 0.186. The van der Waals surface area contributed by atoms with Crippen LogP contribution in [-0.2, 0) is 19.6 Å². The van der Waals surface area contributed by atoms with Gasteiger partial charge in [0.2, 0.25) is 10.0 Å². The number of hydrogen-bond acceptors (Lipinski definition) is 5. The van der Waals surface area contributed by atoms with Gasteiger partial charge in [-0.3, -0.25) is 4.79 Å². The van der Waals surface area contributed by atoms with E-state index >= 15 is 0 Å². The van der Waals surface area contributed by atoms with Gasteiger partial charge in [0.25, 0.3) is 0 Å². The van der Waals surface area contributed by atoms with E-state index in [1.54, 1.807) is 18.2 Å². The summed E-state index contributed by atoms with van der Waals surface area (Å²) in [5.74, 6) is -0.549. The second-order valence-electron chi connectivity index (χ2n) is 4.17. The van der Waals surface area contributed by atoms with Crippen molar-refractivity contribution in [1.82, 2.24) is 9.62 Å². The van der Waals surface area contributed by atoms with Gasteiger partial charge in [-0.25, -0.2) is 8.42 Å². The highest BCUT2D eigenvalue weighted by molar-refractivity contribution is 7.89. The van der Waals surface area contributed by atoms with E-state index in [-0.39, 0.29) is 18.0 Å². The number of nitrogens with one attached hydrogen (secondary N) is 1. The summed E-state index contributed by atoms with van der Waals surface area (Å²) in [4.78, 5) is 11.9. The number of esters is 1. The largest absolute Gasteiger partial charge is 0.468 e. The van der Waals surface area contributed by atoms with Crippen LogP contribution in [0.5, 0.6) is 0 Å². The highest BCUT2D eigenvalue weighted by atomic mass is 32.2. The second kappa shape index (κ2) is 5.68.